The van der Waals surface area contributed by atoms with E-state index < -0.39 is 0 Å². The molecule has 1 aromatic heterocycles. The molecule has 1 heterocycles. The Morgan fingerprint density at radius 2 is 1.88 bits per heavy atom. The highest BCUT2D eigenvalue weighted by molar-refractivity contribution is 5.80. The highest BCUT2D eigenvalue weighted by atomic mass is 16.2. The Kier molecular flexibility index (Phi) is 7.26. The molecule has 5 nitrogen and oxygen atoms in total. The number of fused-ring (bicyclic) bond motifs is 1. The van der Waals surface area contributed by atoms with E-state index in [1.807, 2.05) is 67.3 Å². The van der Waals surface area contributed by atoms with Gasteiger partial charge in [0.2, 0.25) is 5.91 Å². The number of aryl methyl sites for hydroxylation is 1. The van der Waals surface area contributed by atoms with Gasteiger partial charge in [-0.1, -0.05) is 56.9 Å². The van der Waals surface area contributed by atoms with Gasteiger partial charge in [-0.25, -0.2) is 4.98 Å². The van der Waals surface area contributed by atoms with Crippen LogP contribution in [0.2, 0.25) is 0 Å². The number of hydrogen-bond acceptors (Lipinski definition) is 3. The minimum Gasteiger partial charge on any atom is -0.333 e. The van der Waals surface area contributed by atoms with Crippen LogP contribution in [-0.4, -0.2) is 26.9 Å². The van der Waals surface area contributed by atoms with E-state index in [0.717, 1.165) is 56.2 Å². The summed E-state index contributed by atoms with van der Waals surface area (Å²) in [5.74, 6) is 0.940. The number of unbranched alkanes of at least 4 members (excludes halogenated alkanes) is 2. The average molecular weight is 446 g/mol. The second-order valence-electron chi connectivity index (χ2n) is 9.36. The number of rotatable bonds is 8. The van der Waals surface area contributed by atoms with Gasteiger partial charge in [-0.05, 0) is 62.9 Å². The van der Waals surface area contributed by atoms with E-state index in [1.54, 1.807) is 4.57 Å². The van der Waals surface area contributed by atoms with Crippen LogP contribution in [0.5, 0.6) is 0 Å². The number of para-hydroxylation sites is 1. The molecule has 4 rings (SSSR count). The van der Waals surface area contributed by atoms with Crippen LogP contribution in [0, 0.1) is 12.8 Å². The first kappa shape index (κ1) is 23.2. The number of carbonyl (C=O) groups is 1. The molecule has 1 aliphatic carbocycles. The van der Waals surface area contributed by atoms with Crippen LogP contribution < -0.4 is 5.56 Å². The molecule has 5 heteroatoms. The van der Waals surface area contributed by atoms with Crippen molar-refractivity contribution < 1.29 is 4.79 Å². The van der Waals surface area contributed by atoms with E-state index in [4.69, 9.17) is 4.98 Å². The molecule has 1 fully saturated rings. The third-order valence-electron chi connectivity index (χ3n) is 6.89. The predicted octanol–water partition coefficient (Wildman–Crippen LogP) is 5.96. The second-order valence-corrected chi connectivity index (χ2v) is 9.36. The summed E-state index contributed by atoms with van der Waals surface area (Å²) in [6.45, 7) is 6.92. The SMILES string of the molecule is CCCCCN(C(=O)C1CCCC1)C(C)c1nc2ccccc2c(=O)n1-c1cccc(C)c1. The third kappa shape index (κ3) is 4.87. The van der Waals surface area contributed by atoms with E-state index in [1.165, 1.54) is 0 Å². The fraction of sp³-hybridized carbons (Fsp3) is 0.464. The first-order chi connectivity index (χ1) is 16.0. The normalized spacial score (nSPS) is 15.1. The van der Waals surface area contributed by atoms with Gasteiger partial charge in [0.25, 0.3) is 5.56 Å². The standard InChI is InChI=1S/C28H35N3O2/c1-4-5-10-18-30(27(32)22-13-6-7-14-22)21(3)26-29-25-17-9-8-16-24(25)28(33)31(26)23-15-11-12-20(2)19-23/h8-9,11-12,15-17,19,21-22H,4-7,10,13-14,18H2,1-3H3. The van der Waals surface area contributed by atoms with E-state index in [0.29, 0.717) is 23.3 Å². The second kappa shape index (κ2) is 10.3. The molecule has 3 aromatic rings. The average Bonchev–Trinajstić information content (AvgIpc) is 3.36. The number of nitrogens with zero attached hydrogens (tertiary/aromatic N) is 3. The van der Waals surface area contributed by atoms with Crippen molar-refractivity contribution in [1.82, 2.24) is 14.5 Å². The fourth-order valence-electron chi connectivity index (χ4n) is 5.02. The summed E-state index contributed by atoms with van der Waals surface area (Å²) in [6, 6.07) is 15.1. The molecule has 0 radical (unpaired) electrons. The highest BCUT2D eigenvalue weighted by Crippen LogP contribution is 2.31. The van der Waals surface area contributed by atoms with Crippen molar-refractivity contribution in [1.29, 1.82) is 0 Å². The summed E-state index contributed by atoms with van der Waals surface area (Å²) in [5, 5.41) is 0.592. The third-order valence-corrected chi connectivity index (χ3v) is 6.89. The number of amides is 1. The van der Waals surface area contributed by atoms with Crippen LogP contribution in [-0.2, 0) is 4.79 Å². The Balaban J connectivity index is 1.85. The highest BCUT2D eigenvalue weighted by Gasteiger charge is 2.32. The van der Waals surface area contributed by atoms with Gasteiger partial charge in [0, 0.05) is 12.5 Å². The molecule has 174 valence electrons. The van der Waals surface area contributed by atoms with Gasteiger partial charge >= 0.3 is 0 Å². The van der Waals surface area contributed by atoms with Crippen molar-refractivity contribution in [3.8, 4) is 5.69 Å². The summed E-state index contributed by atoms with van der Waals surface area (Å²) in [4.78, 5) is 34.3. The van der Waals surface area contributed by atoms with Gasteiger partial charge in [0.15, 0.2) is 0 Å². The van der Waals surface area contributed by atoms with Crippen molar-refractivity contribution in [2.45, 2.75) is 71.8 Å². The van der Waals surface area contributed by atoms with Crippen LogP contribution in [0.4, 0.5) is 0 Å². The van der Waals surface area contributed by atoms with Crippen LogP contribution in [0.15, 0.2) is 53.3 Å². The maximum Gasteiger partial charge on any atom is 0.266 e. The minimum atomic E-state index is -0.298. The maximum atomic E-state index is 13.7. The van der Waals surface area contributed by atoms with Crippen LogP contribution >= 0.6 is 0 Å². The lowest BCUT2D eigenvalue weighted by atomic mass is 10.0. The van der Waals surface area contributed by atoms with E-state index >= 15 is 0 Å². The van der Waals surface area contributed by atoms with Crippen molar-refractivity contribution in [3.05, 3.63) is 70.3 Å². The van der Waals surface area contributed by atoms with Gasteiger partial charge in [0.05, 0.1) is 22.6 Å². The Bertz CT molecular complexity index is 1180. The summed E-state index contributed by atoms with van der Waals surface area (Å²) in [5.41, 5.74) is 2.46. The molecule has 0 N–H and O–H groups in total. The van der Waals surface area contributed by atoms with Gasteiger partial charge in [-0.3, -0.25) is 14.2 Å². The van der Waals surface area contributed by atoms with Crippen molar-refractivity contribution >= 4 is 16.8 Å². The molecule has 2 aromatic carbocycles. The smallest absolute Gasteiger partial charge is 0.266 e. The number of aromatic nitrogens is 2. The molecule has 0 aliphatic heterocycles. The number of hydrogen-bond donors (Lipinski definition) is 0. The topological polar surface area (TPSA) is 55.2 Å². The number of benzene rings is 2. The van der Waals surface area contributed by atoms with E-state index in [9.17, 15) is 9.59 Å². The van der Waals surface area contributed by atoms with Crippen molar-refractivity contribution in [3.63, 3.8) is 0 Å². The molecule has 1 unspecified atom stereocenters. The molecule has 1 amide bonds. The van der Waals surface area contributed by atoms with Crippen LogP contribution in [0.25, 0.3) is 16.6 Å². The Morgan fingerprint density at radius 3 is 2.61 bits per heavy atom. The molecule has 0 bridgehead atoms. The van der Waals surface area contributed by atoms with Crippen molar-refractivity contribution in [2.24, 2.45) is 5.92 Å². The quantitative estimate of drug-likeness (QED) is 0.402. The molecule has 33 heavy (non-hydrogen) atoms. The van der Waals surface area contributed by atoms with Gasteiger partial charge in [-0.15, -0.1) is 0 Å². The monoisotopic (exact) mass is 445 g/mol. The number of carbonyl (C=O) groups excluding carboxylic acids is 1. The Morgan fingerprint density at radius 1 is 1.12 bits per heavy atom. The summed E-state index contributed by atoms with van der Waals surface area (Å²) in [7, 11) is 0. The molecule has 1 atom stereocenters. The first-order valence-corrected chi connectivity index (χ1v) is 12.4. The minimum absolute atomic E-state index is 0.0881. The lowest BCUT2D eigenvalue weighted by molar-refractivity contribution is -0.137. The summed E-state index contributed by atoms with van der Waals surface area (Å²) >= 11 is 0. The zero-order valence-corrected chi connectivity index (χ0v) is 20.1. The molecular weight excluding hydrogens is 410 g/mol. The fourth-order valence-corrected chi connectivity index (χ4v) is 5.02. The molecule has 1 saturated carbocycles. The van der Waals surface area contributed by atoms with E-state index in [-0.39, 0.29) is 23.4 Å². The molecule has 1 aliphatic rings. The lowest BCUT2D eigenvalue weighted by Crippen LogP contribution is -2.40. The first-order valence-electron chi connectivity index (χ1n) is 12.4. The zero-order valence-electron chi connectivity index (χ0n) is 20.1. The van der Waals surface area contributed by atoms with E-state index in [2.05, 4.69) is 6.92 Å². The van der Waals surface area contributed by atoms with Gasteiger partial charge < -0.3 is 4.90 Å². The zero-order chi connectivity index (χ0) is 23.4. The van der Waals surface area contributed by atoms with Gasteiger partial charge in [0.1, 0.15) is 5.82 Å². The largest absolute Gasteiger partial charge is 0.333 e. The predicted molar refractivity (Wildman–Crippen MR) is 134 cm³/mol. The van der Waals surface area contributed by atoms with Crippen molar-refractivity contribution in [2.75, 3.05) is 6.54 Å². The van der Waals surface area contributed by atoms with Crippen LogP contribution in [0.1, 0.15) is 76.2 Å². The molecule has 0 spiro atoms. The van der Waals surface area contributed by atoms with Crippen LogP contribution in [0.3, 0.4) is 0 Å². The van der Waals surface area contributed by atoms with Gasteiger partial charge in [-0.2, -0.15) is 0 Å². The lowest BCUT2D eigenvalue weighted by Gasteiger charge is -2.32. The molecule has 0 saturated heterocycles. The summed E-state index contributed by atoms with van der Waals surface area (Å²) in [6.07, 6.45) is 7.31. The Hall–Kier alpha value is -2.95. The maximum absolute atomic E-state index is 13.7. The summed E-state index contributed by atoms with van der Waals surface area (Å²) < 4.78 is 1.72. The molecular formula is C28H35N3O2. The Labute approximate surface area is 196 Å².